The Labute approximate surface area is 174 Å². The van der Waals surface area contributed by atoms with Crippen molar-refractivity contribution in [2.24, 2.45) is 5.41 Å². The van der Waals surface area contributed by atoms with Gasteiger partial charge in [0, 0.05) is 23.6 Å². The molecular weight excluding hydrogens is 386 g/mol. The second kappa shape index (κ2) is 7.37. The maximum absolute atomic E-state index is 13.2. The van der Waals surface area contributed by atoms with Crippen LogP contribution >= 0.6 is 11.8 Å². The second-order valence-electron chi connectivity index (χ2n) is 8.23. The molecule has 152 valence electrons. The quantitative estimate of drug-likeness (QED) is 0.582. The highest BCUT2D eigenvalue weighted by atomic mass is 32.2. The summed E-state index contributed by atoms with van der Waals surface area (Å²) in [5.74, 6) is 0.955. The van der Waals surface area contributed by atoms with E-state index in [4.69, 9.17) is 4.74 Å². The summed E-state index contributed by atoms with van der Waals surface area (Å²) in [6.45, 7) is 6.71. The van der Waals surface area contributed by atoms with Crippen LogP contribution in [0.3, 0.4) is 0 Å². The number of carbonyl (C=O) groups excluding carboxylic acids is 1. The van der Waals surface area contributed by atoms with E-state index in [-0.39, 0.29) is 16.8 Å². The molecule has 0 amide bonds. The van der Waals surface area contributed by atoms with E-state index in [1.807, 2.05) is 37.4 Å². The number of ether oxygens (including phenoxy) is 1. The molecule has 0 saturated carbocycles. The van der Waals surface area contributed by atoms with E-state index in [1.165, 1.54) is 11.8 Å². The average molecular weight is 412 g/mol. The Bertz CT molecular complexity index is 1050. The highest BCUT2D eigenvalue weighted by Gasteiger charge is 2.42. The summed E-state index contributed by atoms with van der Waals surface area (Å²) in [7, 11) is 0. The number of carbonyl (C=O) groups is 1. The number of ketones is 1. The lowest BCUT2D eigenvalue weighted by Gasteiger charge is -2.38. The van der Waals surface area contributed by atoms with Crippen LogP contribution in [0, 0.1) is 5.41 Å². The zero-order valence-electron chi connectivity index (χ0n) is 17.1. The summed E-state index contributed by atoms with van der Waals surface area (Å²) in [5, 5.41) is 3.87. The lowest BCUT2D eigenvalue weighted by Crippen LogP contribution is -2.37. The maximum atomic E-state index is 13.2. The first kappa shape index (κ1) is 19.8. The van der Waals surface area contributed by atoms with Gasteiger partial charge < -0.3 is 15.0 Å². The van der Waals surface area contributed by atoms with Crippen molar-refractivity contribution in [2.75, 3.05) is 18.2 Å². The van der Waals surface area contributed by atoms with E-state index >= 15 is 0 Å². The number of hydrogen-bond acceptors (Lipinski definition) is 6. The van der Waals surface area contributed by atoms with E-state index in [9.17, 15) is 9.59 Å². The number of H-pyrrole nitrogens is 1. The molecule has 6 nitrogen and oxygen atoms in total. The molecule has 1 aromatic heterocycles. The van der Waals surface area contributed by atoms with Gasteiger partial charge in [-0.25, -0.2) is 4.98 Å². The number of aromatic amines is 1. The molecule has 0 bridgehead atoms. The fraction of sp³-hybridized carbons (Fsp3) is 0.409. The molecule has 2 aliphatic rings. The predicted molar refractivity (Wildman–Crippen MR) is 115 cm³/mol. The number of thioether (sulfide) groups is 1. The number of nitrogens with one attached hydrogen (secondary N) is 2. The molecule has 0 radical (unpaired) electrons. The van der Waals surface area contributed by atoms with Crippen molar-refractivity contribution in [1.82, 2.24) is 9.97 Å². The molecular formula is C22H25N3O3S. The number of Topliss-reactive ketones (excluding diaryl/α,β-unsaturated/α-hetero) is 1. The maximum Gasteiger partial charge on any atom is 0.257 e. The van der Waals surface area contributed by atoms with E-state index in [0.717, 1.165) is 23.4 Å². The molecule has 2 heterocycles. The van der Waals surface area contributed by atoms with Gasteiger partial charge in [0.1, 0.15) is 11.6 Å². The number of rotatable bonds is 4. The van der Waals surface area contributed by atoms with Crippen LogP contribution in [0.4, 0.5) is 5.82 Å². The van der Waals surface area contributed by atoms with Gasteiger partial charge in [-0.3, -0.25) is 9.59 Å². The molecule has 1 aromatic carbocycles. The van der Waals surface area contributed by atoms with Crippen LogP contribution in [0.25, 0.3) is 0 Å². The van der Waals surface area contributed by atoms with Gasteiger partial charge >= 0.3 is 0 Å². The molecule has 1 atom stereocenters. The SMILES string of the molecule is CCOc1ccc([C@H]2C3=C(CC(C)(C)CC3=O)Nc3nc(SC)[nH]c(=O)c32)cc1. The summed E-state index contributed by atoms with van der Waals surface area (Å²) in [6.07, 6.45) is 3.07. The second-order valence-corrected chi connectivity index (χ2v) is 9.03. The van der Waals surface area contributed by atoms with Crippen LogP contribution in [0.1, 0.15) is 50.7 Å². The van der Waals surface area contributed by atoms with Crippen molar-refractivity contribution in [3.05, 3.63) is 57.0 Å². The molecule has 1 aliphatic heterocycles. The fourth-order valence-corrected chi connectivity index (χ4v) is 4.62. The average Bonchev–Trinajstić information content (AvgIpc) is 2.66. The number of aromatic nitrogens is 2. The minimum Gasteiger partial charge on any atom is -0.494 e. The summed E-state index contributed by atoms with van der Waals surface area (Å²) in [6, 6.07) is 7.64. The van der Waals surface area contributed by atoms with Crippen molar-refractivity contribution in [2.45, 2.75) is 44.7 Å². The smallest absolute Gasteiger partial charge is 0.257 e. The van der Waals surface area contributed by atoms with Gasteiger partial charge in [-0.15, -0.1) is 0 Å². The number of nitrogens with zero attached hydrogens (tertiary/aromatic N) is 1. The van der Waals surface area contributed by atoms with Crippen molar-refractivity contribution in [1.29, 1.82) is 0 Å². The summed E-state index contributed by atoms with van der Waals surface area (Å²) in [5.41, 5.74) is 2.61. The first-order valence-corrected chi connectivity index (χ1v) is 11.0. The molecule has 4 rings (SSSR count). The van der Waals surface area contributed by atoms with Gasteiger partial charge in [0.25, 0.3) is 5.56 Å². The highest BCUT2D eigenvalue weighted by molar-refractivity contribution is 7.98. The van der Waals surface area contributed by atoms with Crippen LogP contribution in [0.15, 0.2) is 45.5 Å². The topological polar surface area (TPSA) is 84.1 Å². The van der Waals surface area contributed by atoms with E-state index in [2.05, 4.69) is 29.1 Å². The number of allylic oxidation sites excluding steroid dienone is 2. The summed E-state index contributed by atoms with van der Waals surface area (Å²) < 4.78 is 5.55. The van der Waals surface area contributed by atoms with Crippen molar-refractivity contribution in [3.8, 4) is 5.75 Å². The Kier molecular flexibility index (Phi) is 5.02. The van der Waals surface area contributed by atoms with Crippen molar-refractivity contribution >= 4 is 23.4 Å². The standard InChI is InChI=1S/C22H25N3O3S/c1-5-28-13-8-6-12(7-9-13)16-17-14(10-22(2,3)11-15(17)26)23-19-18(16)20(27)25-21(24-19)29-4/h6-9,16H,5,10-11H2,1-4H3,(H2,23,24,25,27)/t16-/m0/s1. The number of hydrogen-bond donors (Lipinski definition) is 2. The molecule has 2 N–H and O–H groups in total. The van der Waals surface area contributed by atoms with E-state index in [1.54, 1.807) is 0 Å². The Morgan fingerprint density at radius 3 is 2.59 bits per heavy atom. The number of benzene rings is 1. The molecule has 0 fully saturated rings. The van der Waals surface area contributed by atoms with E-state index in [0.29, 0.717) is 35.1 Å². The first-order chi connectivity index (χ1) is 13.8. The van der Waals surface area contributed by atoms with Crippen molar-refractivity contribution < 1.29 is 9.53 Å². The molecule has 0 spiro atoms. The van der Waals surface area contributed by atoms with Gasteiger partial charge in [-0.1, -0.05) is 37.7 Å². The van der Waals surface area contributed by atoms with Gasteiger partial charge in [0.15, 0.2) is 10.9 Å². The number of fused-ring (bicyclic) bond motifs is 1. The van der Waals surface area contributed by atoms with Crippen LogP contribution in [0.2, 0.25) is 0 Å². The third-order valence-electron chi connectivity index (χ3n) is 5.42. The molecule has 2 aromatic rings. The van der Waals surface area contributed by atoms with Gasteiger partial charge in [0.05, 0.1) is 12.2 Å². The minimum atomic E-state index is -0.437. The van der Waals surface area contributed by atoms with Gasteiger partial charge in [0.2, 0.25) is 0 Å². The van der Waals surface area contributed by atoms with Gasteiger partial charge in [-0.2, -0.15) is 0 Å². The van der Waals surface area contributed by atoms with Crippen LogP contribution in [-0.4, -0.2) is 28.6 Å². The largest absolute Gasteiger partial charge is 0.494 e. The zero-order valence-corrected chi connectivity index (χ0v) is 17.9. The van der Waals surface area contributed by atoms with Crippen LogP contribution < -0.4 is 15.6 Å². The summed E-state index contributed by atoms with van der Waals surface area (Å²) in [4.78, 5) is 33.6. The fourth-order valence-electron chi connectivity index (χ4n) is 4.25. The molecule has 7 heteroatoms. The molecule has 0 unspecified atom stereocenters. The third-order valence-corrected chi connectivity index (χ3v) is 6.00. The Morgan fingerprint density at radius 2 is 1.93 bits per heavy atom. The minimum absolute atomic E-state index is 0.0848. The zero-order chi connectivity index (χ0) is 20.8. The third kappa shape index (κ3) is 3.59. The highest BCUT2D eigenvalue weighted by Crippen LogP contribution is 2.47. The predicted octanol–water partition coefficient (Wildman–Crippen LogP) is 4.09. The molecule has 0 saturated heterocycles. The van der Waals surface area contributed by atoms with Crippen LogP contribution in [0.5, 0.6) is 5.75 Å². The molecule has 29 heavy (non-hydrogen) atoms. The molecule has 1 aliphatic carbocycles. The Balaban J connectivity index is 1.91. The summed E-state index contributed by atoms with van der Waals surface area (Å²) >= 11 is 1.38. The van der Waals surface area contributed by atoms with Crippen LogP contribution in [-0.2, 0) is 4.79 Å². The lowest BCUT2D eigenvalue weighted by atomic mass is 9.69. The Hall–Kier alpha value is -2.54. The number of anilines is 1. The van der Waals surface area contributed by atoms with Gasteiger partial charge in [-0.05, 0) is 42.7 Å². The normalized spacial score (nSPS) is 20.0. The van der Waals surface area contributed by atoms with Crippen molar-refractivity contribution in [3.63, 3.8) is 0 Å². The lowest BCUT2D eigenvalue weighted by molar-refractivity contribution is -0.118. The first-order valence-electron chi connectivity index (χ1n) is 9.77. The van der Waals surface area contributed by atoms with E-state index < -0.39 is 5.92 Å². The monoisotopic (exact) mass is 411 g/mol. The Morgan fingerprint density at radius 1 is 1.21 bits per heavy atom.